The molecular formula is C6H15AuN3P. The van der Waals surface area contributed by atoms with Crippen LogP contribution in [-0.2, 0) is 22.4 Å². The van der Waals surface area contributed by atoms with E-state index in [2.05, 4.69) is 20.8 Å². The first-order chi connectivity index (χ1) is 4.76. The van der Waals surface area contributed by atoms with E-state index in [4.69, 9.17) is 11.1 Å². The normalized spacial score (nSPS) is 7.27. The van der Waals surface area contributed by atoms with Crippen molar-refractivity contribution in [2.45, 2.75) is 20.8 Å². The van der Waals surface area contributed by atoms with Gasteiger partial charge in [0, 0.05) is 0 Å². The Labute approximate surface area is 85.6 Å². The summed E-state index contributed by atoms with van der Waals surface area (Å²) in [4.78, 5) is 1.50. The van der Waals surface area contributed by atoms with Crippen molar-refractivity contribution in [3.63, 3.8) is 0 Å². The summed E-state index contributed by atoms with van der Waals surface area (Å²) in [5.74, 6) is 0. The second-order valence-electron chi connectivity index (χ2n) is 1.71. The Morgan fingerprint density at radius 3 is 1.18 bits per heavy atom. The Morgan fingerprint density at radius 2 is 1.18 bits per heavy atom. The number of hydrogen-bond acceptors (Lipinski definition) is 0. The molecule has 0 fully saturated rings. The molecule has 70 valence electrons. The van der Waals surface area contributed by atoms with E-state index in [1.807, 2.05) is 0 Å². The van der Waals surface area contributed by atoms with Gasteiger partial charge in [-0.2, -0.15) is 0 Å². The second-order valence-corrected chi connectivity index (χ2v) is 4.95. The van der Waals surface area contributed by atoms with Gasteiger partial charge in [0.25, 0.3) is 0 Å². The quantitative estimate of drug-likeness (QED) is 0.244. The summed E-state index contributed by atoms with van der Waals surface area (Å²) < 4.78 is 0. The van der Waals surface area contributed by atoms with Crippen LogP contribution in [-0.4, -0.2) is 18.5 Å². The molecule has 0 atom stereocenters. The number of nitrogens with zero attached hydrogens (tertiary/aromatic N) is 3. The van der Waals surface area contributed by atoms with Crippen LogP contribution >= 0.6 is 7.92 Å². The van der Waals surface area contributed by atoms with E-state index in [0.717, 1.165) is 0 Å². The molecule has 0 radical (unpaired) electrons. The molecule has 11 heavy (non-hydrogen) atoms. The zero-order valence-electron chi connectivity index (χ0n) is 7.21. The van der Waals surface area contributed by atoms with Crippen molar-refractivity contribution in [3.8, 4) is 0 Å². The monoisotopic (exact) mass is 357 g/mol. The number of rotatable bonds is 3. The van der Waals surface area contributed by atoms with E-state index in [-0.39, 0.29) is 22.4 Å². The first-order valence-electron chi connectivity index (χ1n) is 3.47. The predicted molar refractivity (Wildman–Crippen MR) is 48.6 cm³/mol. The van der Waals surface area contributed by atoms with Crippen molar-refractivity contribution in [2.75, 3.05) is 18.5 Å². The minimum absolute atomic E-state index is 0. The average Bonchev–Trinajstić information content (AvgIpc) is 1.93. The molecule has 5 heteroatoms. The van der Waals surface area contributed by atoms with E-state index >= 15 is 0 Å². The minimum atomic E-state index is 0. The van der Waals surface area contributed by atoms with Crippen LogP contribution in [0.25, 0.3) is 16.0 Å². The standard InChI is InChI=1S/C6H15P.Au.N3/c1-4-7(5-2)6-3;;1-3-2/h4-6H2,1-3H3;;/q;+1;-1. The van der Waals surface area contributed by atoms with Crippen LogP contribution in [0.15, 0.2) is 0 Å². The molecule has 0 spiro atoms. The van der Waals surface area contributed by atoms with E-state index in [0.29, 0.717) is 7.92 Å². The summed E-state index contributed by atoms with van der Waals surface area (Å²) in [7, 11) is 0.446. The maximum Gasteiger partial charge on any atom is 1.00 e. The average molecular weight is 357 g/mol. The van der Waals surface area contributed by atoms with E-state index in [1.165, 1.54) is 23.4 Å². The van der Waals surface area contributed by atoms with Gasteiger partial charge in [-0.1, -0.05) is 20.8 Å². The fraction of sp³-hybridized carbons (Fsp3) is 1.00. The van der Waals surface area contributed by atoms with Gasteiger partial charge in [0.1, 0.15) is 0 Å². The minimum Gasteiger partial charge on any atom is -0.373 e. The Hall–Kier alpha value is 0.480. The van der Waals surface area contributed by atoms with Gasteiger partial charge in [-0.3, -0.25) is 4.91 Å². The second kappa shape index (κ2) is 16.8. The van der Waals surface area contributed by atoms with Crippen LogP contribution in [0.1, 0.15) is 20.8 Å². The summed E-state index contributed by atoms with van der Waals surface area (Å²) in [6.45, 7) is 6.87. The van der Waals surface area contributed by atoms with E-state index < -0.39 is 0 Å². The Morgan fingerprint density at radius 1 is 1.00 bits per heavy atom. The topological polar surface area (TPSA) is 58.7 Å². The van der Waals surface area contributed by atoms with Gasteiger partial charge in [-0.15, -0.1) is 7.92 Å². The molecule has 0 N–H and O–H groups in total. The Kier molecular flexibility index (Phi) is 26.8. The third-order valence-electron chi connectivity index (χ3n) is 1.34. The summed E-state index contributed by atoms with van der Waals surface area (Å²) in [5, 5.41) is 0. The van der Waals surface area contributed by atoms with E-state index in [9.17, 15) is 0 Å². The zero-order chi connectivity index (χ0) is 8.41. The molecule has 0 amide bonds. The summed E-state index contributed by atoms with van der Waals surface area (Å²) in [5.41, 5.74) is 13.5. The maximum atomic E-state index is 6.75. The Balaban J connectivity index is -0.000000140. The largest absolute Gasteiger partial charge is 1.00 e. The maximum absolute atomic E-state index is 6.75. The van der Waals surface area contributed by atoms with Crippen molar-refractivity contribution in [2.24, 2.45) is 0 Å². The molecular weight excluding hydrogens is 342 g/mol. The molecule has 3 nitrogen and oxygen atoms in total. The fourth-order valence-corrected chi connectivity index (χ4v) is 2.01. The third kappa shape index (κ3) is 17.9. The van der Waals surface area contributed by atoms with Crippen molar-refractivity contribution < 1.29 is 22.4 Å². The molecule has 0 aromatic heterocycles. The van der Waals surface area contributed by atoms with Gasteiger partial charge in [0.05, 0.1) is 0 Å². The van der Waals surface area contributed by atoms with Gasteiger partial charge in [0.15, 0.2) is 0 Å². The van der Waals surface area contributed by atoms with Crippen molar-refractivity contribution >= 4 is 7.92 Å². The van der Waals surface area contributed by atoms with Crippen LogP contribution in [0.5, 0.6) is 0 Å². The molecule has 0 aromatic carbocycles. The molecule has 0 aliphatic carbocycles. The zero-order valence-corrected chi connectivity index (χ0v) is 10.3. The van der Waals surface area contributed by atoms with Crippen LogP contribution in [0, 0.1) is 0 Å². The molecule has 0 aromatic rings. The molecule has 0 bridgehead atoms. The molecule has 0 aliphatic rings. The molecule has 0 rings (SSSR count). The molecule has 0 saturated carbocycles. The van der Waals surface area contributed by atoms with Crippen molar-refractivity contribution in [1.82, 2.24) is 0 Å². The first-order valence-corrected chi connectivity index (χ1v) is 5.37. The van der Waals surface area contributed by atoms with Crippen molar-refractivity contribution in [3.05, 3.63) is 16.0 Å². The molecule has 0 heterocycles. The number of hydrogen-bond donors (Lipinski definition) is 0. The summed E-state index contributed by atoms with van der Waals surface area (Å²) >= 11 is 0. The third-order valence-corrected chi connectivity index (χ3v) is 4.02. The molecule has 0 saturated heterocycles. The Bertz CT molecular complexity index is 84.3. The van der Waals surface area contributed by atoms with Gasteiger partial charge in [-0.05, 0) is 18.5 Å². The SMILES string of the molecule is CCP(CC)CC.[Au+].[N-]=[N+]=[N-]. The van der Waals surface area contributed by atoms with Gasteiger partial charge >= 0.3 is 22.4 Å². The fourth-order valence-electron chi connectivity index (χ4n) is 0.671. The summed E-state index contributed by atoms with van der Waals surface area (Å²) in [6, 6.07) is 0. The first kappa shape index (κ1) is 17.5. The predicted octanol–water partition coefficient (Wildman–Crippen LogP) is 3.39. The van der Waals surface area contributed by atoms with E-state index in [1.54, 1.807) is 0 Å². The summed E-state index contributed by atoms with van der Waals surface area (Å²) in [6.07, 6.45) is 4.26. The van der Waals surface area contributed by atoms with Crippen LogP contribution in [0.4, 0.5) is 0 Å². The van der Waals surface area contributed by atoms with Crippen molar-refractivity contribution in [1.29, 1.82) is 0 Å². The van der Waals surface area contributed by atoms with Crippen LogP contribution < -0.4 is 0 Å². The van der Waals surface area contributed by atoms with Gasteiger partial charge in [0.2, 0.25) is 0 Å². The smallest absolute Gasteiger partial charge is 0.373 e. The van der Waals surface area contributed by atoms with Gasteiger partial charge < -0.3 is 11.1 Å². The van der Waals surface area contributed by atoms with Crippen LogP contribution in [0.2, 0.25) is 0 Å². The molecule has 0 unspecified atom stereocenters. The van der Waals surface area contributed by atoms with Crippen LogP contribution in [0.3, 0.4) is 0 Å². The molecule has 0 aliphatic heterocycles. The van der Waals surface area contributed by atoms with Gasteiger partial charge in [-0.25, -0.2) is 0 Å².